The van der Waals surface area contributed by atoms with Crippen molar-refractivity contribution in [1.82, 2.24) is 5.32 Å². The fourth-order valence-electron chi connectivity index (χ4n) is 3.88. The van der Waals surface area contributed by atoms with E-state index in [1.165, 1.54) is 69.9 Å². The second kappa shape index (κ2) is 5.51. The Kier molecular flexibility index (Phi) is 3.80. The summed E-state index contributed by atoms with van der Waals surface area (Å²) in [6, 6.07) is 0.540. The summed E-state index contributed by atoms with van der Waals surface area (Å²) in [6.07, 6.45) is 14.0. The van der Waals surface area contributed by atoms with E-state index >= 15 is 0 Å². The standard InChI is InChI=1S/C15H24N2/c1-3-7-12(8-4-1)14-15(17-11-16-14)13-9-5-2-6-10-13/h12-14,16H,1-10H2. The van der Waals surface area contributed by atoms with Gasteiger partial charge in [0.1, 0.15) is 0 Å². The lowest BCUT2D eigenvalue weighted by molar-refractivity contribution is 0.317. The van der Waals surface area contributed by atoms with Crippen LogP contribution in [-0.4, -0.2) is 11.8 Å². The predicted octanol–water partition coefficient (Wildman–Crippen LogP) is 3.56. The highest BCUT2D eigenvalue weighted by atomic mass is 15.1. The maximum absolute atomic E-state index is 4.57. The normalized spacial score (nSPS) is 32.7. The number of rotatable bonds is 2. The highest BCUT2D eigenvalue weighted by Crippen LogP contribution is 2.34. The van der Waals surface area contributed by atoms with E-state index < -0.39 is 0 Å². The number of nitrogens with one attached hydrogen (secondary N) is 1. The lowest BCUT2D eigenvalue weighted by Gasteiger charge is -2.32. The van der Waals surface area contributed by atoms with Gasteiger partial charge in [-0.3, -0.25) is 10.3 Å². The molecule has 0 aromatic rings. The Morgan fingerprint density at radius 2 is 1.53 bits per heavy atom. The van der Waals surface area contributed by atoms with Crippen molar-refractivity contribution in [2.75, 3.05) is 0 Å². The Balaban J connectivity index is 1.65. The molecule has 2 fully saturated rings. The number of nitrogens with zero attached hydrogens (tertiary/aromatic N) is 1. The van der Waals surface area contributed by atoms with Crippen molar-refractivity contribution in [3.05, 3.63) is 6.67 Å². The fourth-order valence-corrected chi connectivity index (χ4v) is 3.88. The van der Waals surface area contributed by atoms with Gasteiger partial charge in [0.05, 0.1) is 6.04 Å². The van der Waals surface area contributed by atoms with Crippen LogP contribution in [0.15, 0.2) is 4.99 Å². The molecule has 0 spiro atoms. The van der Waals surface area contributed by atoms with Gasteiger partial charge in [0.2, 0.25) is 0 Å². The number of aliphatic imine (C=N–C) groups is 1. The molecule has 17 heavy (non-hydrogen) atoms. The molecule has 1 heterocycles. The highest BCUT2D eigenvalue weighted by Gasteiger charge is 2.34. The fraction of sp³-hybridized carbons (Fsp3) is 0.867. The molecule has 94 valence electrons. The van der Waals surface area contributed by atoms with Crippen LogP contribution < -0.4 is 5.32 Å². The third-order valence-electron chi connectivity index (χ3n) is 4.87. The maximum Gasteiger partial charge on any atom is 0.196 e. The molecule has 0 amide bonds. The van der Waals surface area contributed by atoms with Crippen LogP contribution in [0.25, 0.3) is 0 Å². The van der Waals surface area contributed by atoms with Crippen molar-refractivity contribution < 1.29 is 0 Å². The summed E-state index contributed by atoms with van der Waals surface area (Å²) in [5.74, 6) is 1.60. The van der Waals surface area contributed by atoms with E-state index in [-0.39, 0.29) is 0 Å². The average molecular weight is 232 g/mol. The van der Waals surface area contributed by atoms with Crippen LogP contribution in [0.1, 0.15) is 64.2 Å². The first-order valence-corrected chi connectivity index (χ1v) is 7.53. The van der Waals surface area contributed by atoms with Crippen molar-refractivity contribution in [2.24, 2.45) is 16.8 Å². The molecule has 0 aromatic carbocycles. The number of hydrogen-bond acceptors (Lipinski definition) is 2. The third kappa shape index (κ3) is 2.57. The summed E-state index contributed by atoms with van der Waals surface area (Å²) in [7, 11) is 0. The van der Waals surface area contributed by atoms with Crippen LogP contribution in [0.4, 0.5) is 0 Å². The van der Waals surface area contributed by atoms with Crippen molar-refractivity contribution >= 4 is 5.71 Å². The van der Waals surface area contributed by atoms with Crippen molar-refractivity contribution in [3.63, 3.8) is 0 Å². The second-order valence-corrected chi connectivity index (χ2v) is 6.00. The zero-order valence-corrected chi connectivity index (χ0v) is 10.8. The van der Waals surface area contributed by atoms with Gasteiger partial charge in [0, 0.05) is 5.71 Å². The Hall–Kier alpha value is -0.370. The smallest absolute Gasteiger partial charge is 0.196 e. The SMILES string of the molecule is [C]1N=C(C2CCCCC2)C(C2CCCCC2)N1. The molecule has 3 aliphatic rings. The average Bonchev–Trinajstić information content (AvgIpc) is 2.90. The third-order valence-corrected chi connectivity index (χ3v) is 4.87. The van der Waals surface area contributed by atoms with Gasteiger partial charge in [-0.15, -0.1) is 0 Å². The first-order valence-electron chi connectivity index (χ1n) is 7.53. The Morgan fingerprint density at radius 3 is 2.24 bits per heavy atom. The monoisotopic (exact) mass is 232 g/mol. The van der Waals surface area contributed by atoms with Crippen LogP contribution in [0.2, 0.25) is 0 Å². The van der Waals surface area contributed by atoms with Crippen LogP contribution in [0, 0.1) is 18.5 Å². The molecular formula is C15H24N2. The topological polar surface area (TPSA) is 24.4 Å². The molecule has 2 saturated carbocycles. The van der Waals surface area contributed by atoms with E-state index in [0.717, 1.165) is 11.8 Å². The molecule has 1 N–H and O–H groups in total. The van der Waals surface area contributed by atoms with E-state index in [1.807, 2.05) is 0 Å². The Bertz CT molecular complexity index is 273. The largest absolute Gasteiger partial charge is 0.278 e. The van der Waals surface area contributed by atoms with Gasteiger partial charge in [-0.05, 0) is 37.5 Å². The lowest BCUT2D eigenvalue weighted by Crippen LogP contribution is -2.41. The zero-order chi connectivity index (χ0) is 11.5. The summed E-state index contributed by atoms with van der Waals surface area (Å²) < 4.78 is 0. The lowest BCUT2D eigenvalue weighted by atomic mass is 9.76. The molecule has 0 saturated heterocycles. The number of hydrogen-bond donors (Lipinski definition) is 1. The van der Waals surface area contributed by atoms with E-state index in [9.17, 15) is 0 Å². The van der Waals surface area contributed by atoms with Crippen molar-refractivity contribution in [1.29, 1.82) is 0 Å². The van der Waals surface area contributed by atoms with Crippen molar-refractivity contribution in [2.45, 2.75) is 70.3 Å². The van der Waals surface area contributed by atoms with E-state index in [4.69, 9.17) is 0 Å². The molecule has 2 heteroatoms. The molecule has 0 bridgehead atoms. The molecule has 1 atom stereocenters. The van der Waals surface area contributed by atoms with Crippen LogP contribution in [0.5, 0.6) is 0 Å². The summed E-state index contributed by atoms with van der Waals surface area (Å²) >= 11 is 0. The van der Waals surface area contributed by atoms with Gasteiger partial charge in [0.25, 0.3) is 0 Å². The van der Waals surface area contributed by atoms with E-state index in [0.29, 0.717) is 6.04 Å². The predicted molar refractivity (Wildman–Crippen MR) is 70.8 cm³/mol. The van der Waals surface area contributed by atoms with Gasteiger partial charge < -0.3 is 0 Å². The van der Waals surface area contributed by atoms with Gasteiger partial charge in [0.15, 0.2) is 6.67 Å². The Morgan fingerprint density at radius 1 is 0.882 bits per heavy atom. The summed E-state index contributed by atoms with van der Waals surface area (Å²) in [5, 5.41) is 3.42. The van der Waals surface area contributed by atoms with Crippen molar-refractivity contribution in [3.8, 4) is 0 Å². The summed E-state index contributed by atoms with van der Waals surface area (Å²) in [5.41, 5.74) is 1.46. The van der Waals surface area contributed by atoms with E-state index in [2.05, 4.69) is 17.0 Å². The molecule has 2 radical (unpaired) electrons. The summed E-state index contributed by atoms with van der Waals surface area (Å²) in [6.45, 7) is 3.05. The highest BCUT2D eigenvalue weighted by molar-refractivity contribution is 5.93. The van der Waals surface area contributed by atoms with E-state index in [1.54, 1.807) is 0 Å². The van der Waals surface area contributed by atoms with Gasteiger partial charge >= 0.3 is 0 Å². The Labute approximate surface area is 105 Å². The molecule has 1 aliphatic heterocycles. The molecular weight excluding hydrogens is 208 g/mol. The first-order chi connectivity index (χ1) is 8.45. The summed E-state index contributed by atoms with van der Waals surface area (Å²) in [4.78, 5) is 4.57. The van der Waals surface area contributed by atoms with Gasteiger partial charge in [-0.2, -0.15) is 0 Å². The van der Waals surface area contributed by atoms with Gasteiger partial charge in [-0.1, -0.05) is 38.5 Å². The second-order valence-electron chi connectivity index (χ2n) is 6.00. The molecule has 2 aliphatic carbocycles. The molecule has 3 rings (SSSR count). The molecule has 0 aromatic heterocycles. The van der Waals surface area contributed by atoms with Crippen LogP contribution >= 0.6 is 0 Å². The maximum atomic E-state index is 4.57. The quantitative estimate of drug-likeness (QED) is 0.773. The zero-order valence-electron chi connectivity index (χ0n) is 10.8. The van der Waals surface area contributed by atoms with Crippen LogP contribution in [-0.2, 0) is 0 Å². The minimum absolute atomic E-state index is 0.540. The molecule has 1 unspecified atom stereocenters. The van der Waals surface area contributed by atoms with Gasteiger partial charge in [-0.25, -0.2) is 0 Å². The van der Waals surface area contributed by atoms with Crippen LogP contribution in [0.3, 0.4) is 0 Å². The minimum Gasteiger partial charge on any atom is -0.278 e. The minimum atomic E-state index is 0.540. The molecule has 2 nitrogen and oxygen atoms in total. The first kappa shape index (κ1) is 11.7.